The highest BCUT2D eigenvalue weighted by molar-refractivity contribution is 7.10. The third-order valence-electron chi connectivity index (χ3n) is 4.95. The van der Waals surface area contributed by atoms with Crippen molar-refractivity contribution >= 4 is 22.9 Å². The number of thiophene rings is 1. The molecule has 0 fully saturated rings. The van der Waals surface area contributed by atoms with Gasteiger partial charge in [-0.1, -0.05) is 6.07 Å². The topological polar surface area (TPSA) is 90.9 Å². The molecule has 25 heavy (non-hydrogen) atoms. The molecule has 0 saturated heterocycles. The van der Waals surface area contributed by atoms with Crippen LogP contribution in [-0.2, 0) is 4.79 Å². The number of aromatic amines is 2. The quantitative estimate of drug-likeness (QED) is 0.659. The SMILES string of the molecule is O=C1CC(c2cccs2)CC2=C1C(c1ccco1)c1c([nH][nH]c1=O)N2. The number of hydrogen-bond acceptors (Lipinski definition) is 5. The van der Waals surface area contributed by atoms with Gasteiger partial charge in [-0.15, -0.1) is 11.3 Å². The maximum absolute atomic E-state index is 13.0. The number of ketones is 1. The number of furan rings is 1. The lowest BCUT2D eigenvalue weighted by atomic mass is 9.75. The molecule has 0 saturated carbocycles. The van der Waals surface area contributed by atoms with E-state index in [-0.39, 0.29) is 17.3 Å². The van der Waals surface area contributed by atoms with Crippen LogP contribution in [0.2, 0.25) is 0 Å². The van der Waals surface area contributed by atoms with E-state index in [1.807, 2.05) is 17.5 Å². The fourth-order valence-electron chi connectivity index (χ4n) is 3.89. The van der Waals surface area contributed by atoms with Crippen molar-refractivity contribution in [2.75, 3.05) is 5.32 Å². The van der Waals surface area contributed by atoms with Gasteiger partial charge in [-0.05, 0) is 30.0 Å². The van der Waals surface area contributed by atoms with Crippen LogP contribution in [0.15, 0.2) is 56.4 Å². The number of rotatable bonds is 2. The van der Waals surface area contributed by atoms with Gasteiger partial charge in [0.1, 0.15) is 11.6 Å². The summed E-state index contributed by atoms with van der Waals surface area (Å²) in [7, 11) is 0. The lowest BCUT2D eigenvalue weighted by Gasteiger charge is -2.33. The number of Topliss-reactive ketones (excluding diaryl/α,β-unsaturated/α-hetero) is 1. The van der Waals surface area contributed by atoms with E-state index in [1.165, 1.54) is 4.88 Å². The summed E-state index contributed by atoms with van der Waals surface area (Å²) in [6.45, 7) is 0. The monoisotopic (exact) mass is 353 g/mol. The largest absolute Gasteiger partial charge is 0.468 e. The fourth-order valence-corrected chi connectivity index (χ4v) is 4.72. The van der Waals surface area contributed by atoms with Crippen LogP contribution in [0.25, 0.3) is 0 Å². The van der Waals surface area contributed by atoms with Gasteiger partial charge in [-0.3, -0.25) is 19.8 Å². The Morgan fingerprint density at radius 1 is 1.12 bits per heavy atom. The van der Waals surface area contributed by atoms with E-state index in [0.717, 1.165) is 12.1 Å². The maximum Gasteiger partial charge on any atom is 0.270 e. The molecule has 5 rings (SSSR count). The first-order valence-corrected chi connectivity index (χ1v) is 9.01. The standard InChI is InChI=1S/C18H15N3O3S/c22-11-8-9(13-4-2-6-25-13)7-10-14(11)15(12-3-1-5-24-12)16-17(19-10)20-21-18(16)23/h1-6,9,15H,7-8H2,(H3,19,20,21,23). The van der Waals surface area contributed by atoms with E-state index in [9.17, 15) is 9.59 Å². The Morgan fingerprint density at radius 2 is 2.04 bits per heavy atom. The first kappa shape index (κ1) is 14.5. The second kappa shape index (κ2) is 5.35. The average Bonchev–Trinajstić information content (AvgIpc) is 3.36. The van der Waals surface area contributed by atoms with Gasteiger partial charge in [0, 0.05) is 28.5 Å². The van der Waals surface area contributed by atoms with Crippen molar-refractivity contribution in [2.24, 2.45) is 0 Å². The van der Waals surface area contributed by atoms with Crippen molar-refractivity contribution in [1.82, 2.24) is 10.2 Å². The second-order valence-electron chi connectivity index (χ2n) is 6.38. The van der Waals surface area contributed by atoms with Crippen molar-refractivity contribution in [3.63, 3.8) is 0 Å². The lowest BCUT2D eigenvalue weighted by Crippen LogP contribution is -2.31. The first-order chi connectivity index (χ1) is 12.2. The minimum atomic E-state index is -0.465. The number of aromatic nitrogens is 2. The minimum Gasteiger partial charge on any atom is -0.468 e. The van der Waals surface area contributed by atoms with Gasteiger partial charge in [-0.25, -0.2) is 0 Å². The van der Waals surface area contributed by atoms with Gasteiger partial charge in [0.15, 0.2) is 5.78 Å². The van der Waals surface area contributed by atoms with Crippen molar-refractivity contribution in [3.8, 4) is 0 Å². The Hall–Kier alpha value is -2.80. The highest BCUT2D eigenvalue weighted by atomic mass is 32.1. The van der Waals surface area contributed by atoms with Crippen molar-refractivity contribution in [3.05, 3.63) is 73.7 Å². The summed E-state index contributed by atoms with van der Waals surface area (Å²) in [5.41, 5.74) is 1.81. The van der Waals surface area contributed by atoms with E-state index >= 15 is 0 Å². The molecule has 2 aliphatic rings. The molecule has 6 nitrogen and oxygen atoms in total. The third-order valence-corrected chi connectivity index (χ3v) is 5.98. The zero-order valence-electron chi connectivity index (χ0n) is 13.2. The number of anilines is 1. The van der Waals surface area contributed by atoms with Crippen LogP contribution in [0.3, 0.4) is 0 Å². The summed E-state index contributed by atoms with van der Waals surface area (Å²) in [6.07, 6.45) is 2.77. The van der Waals surface area contributed by atoms with E-state index < -0.39 is 5.92 Å². The van der Waals surface area contributed by atoms with E-state index in [4.69, 9.17) is 4.42 Å². The zero-order chi connectivity index (χ0) is 17.0. The van der Waals surface area contributed by atoms with E-state index in [2.05, 4.69) is 21.6 Å². The first-order valence-electron chi connectivity index (χ1n) is 8.13. The van der Waals surface area contributed by atoms with Gasteiger partial charge in [-0.2, -0.15) is 0 Å². The van der Waals surface area contributed by atoms with E-state index in [0.29, 0.717) is 29.1 Å². The Morgan fingerprint density at radius 3 is 2.80 bits per heavy atom. The van der Waals surface area contributed by atoms with Crippen LogP contribution < -0.4 is 10.9 Å². The average molecular weight is 353 g/mol. The summed E-state index contributed by atoms with van der Waals surface area (Å²) in [4.78, 5) is 26.5. The third kappa shape index (κ3) is 2.16. The Labute approximate surface area is 146 Å². The number of hydrogen-bond donors (Lipinski definition) is 3. The Bertz CT molecular complexity index is 1020. The molecule has 3 aromatic heterocycles. The molecule has 0 aromatic carbocycles. The number of nitrogens with one attached hydrogen (secondary N) is 3. The molecule has 7 heteroatoms. The van der Waals surface area contributed by atoms with E-state index in [1.54, 1.807) is 23.7 Å². The molecule has 2 unspecified atom stereocenters. The lowest BCUT2D eigenvalue weighted by molar-refractivity contribution is -0.116. The normalized spacial score (nSPS) is 22.5. The van der Waals surface area contributed by atoms with Crippen LogP contribution in [0.4, 0.5) is 5.82 Å². The molecule has 0 spiro atoms. The summed E-state index contributed by atoms with van der Waals surface area (Å²) >= 11 is 1.67. The molecule has 1 aliphatic heterocycles. The van der Waals surface area contributed by atoms with Gasteiger partial charge in [0.05, 0.1) is 17.7 Å². The molecule has 0 radical (unpaired) electrons. The number of H-pyrrole nitrogens is 2. The molecular weight excluding hydrogens is 338 g/mol. The summed E-state index contributed by atoms with van der Waals surface area (Å²) in [6, 6.07) is 7.68. The zero-order valence-corrected chi connectivity index (χ0v) is 14.0. The summed E-state index contributed by atoms with van der Waals surface area (Å²) in [5, 5.41) is 10.8. The van der Waals surface area contributed by atoms with Crippen LogP contribution in [0.1, 0.15) is 40.9 Å². The second-order valence-corrected chi connectivity index (χ2v) is 7.36. The number of carbonyl (C=O) groups is 1. The fraction of sp³-hybridized carbons (Fsp3) is 0.222. The molecule has 126 valence electrons. The van der Waals surface area contributed by atoms with Crippen LogP contribution in [0, 0.1) is 0 Å². The van der Waals surface area contributed by atoms with Crippen molar-refractivity contribution in [2.45, 2.75) is 24.7 Å². The molecule has 3 aromatic rings. The van der Waals surface area contributed by atoms with Gasteiger partial charge < -0.3 is 9.73 Å². The highest BCUT2D eigenvalue weighted by Gasteiger charge is 2.41. The van der Waals surface area contributed by atoms with Crippen LogP contribution in [-0.4, -0.2) is 16.0 Å². The smallest absolute Gasteiger partial charge is 0.270 e. The maximum atomic E-state index is 13.0. The summed E-state index contributed by atoms with van der Waals surface area (Å²) in [5.74, 6) is 1.00. The Kier molecular flexibility index (Phi) is 3.11. The molecule has 2 atom stereocenters. The van der Waals surface area contributed by atoms with Crippen molar-refractivity contribution in [1.29, 1.82) is 0 Å². The molecule has 3 N–H and O–H groups in total. The predicted octanol–water partition coefficient (Wildman–Crippen LogP) is 3.32. The number of allylic oxidation sites excluding steroid dienone is 2. The Balaban J connectivity index is 1.66. The molecule has 0 bridgehead atoms. The van der Waals surface area contributed by atoms with Crippen LogP contribution in [0.5, 0.6) is 0 Å². The number of carbonyl (C=O) groups excluding carboxylic acids is 1. The van der Waals surface area contributed by atoms with Gasteiger partial charge in [0.25, 0.3) is 5.56 Å². The molecule has 1 aliphatic carbocycles. The van der Waals surface area contributed by atoms with Gasteiger partial charge in [0.2, 0.25) is 0 Å². The van der Waals surface area contributed by atoms with Gasteiger partial charge >= 0.3 is 0 Å². The van der Waals surface area contributed by atoms with Crippen LogP contribution >= 0.6 is 11.3 Å². The minimum absolute atomic E-state index is 0.0693. The summed E-state index contributed by atoms with van der Waals surface area (Å²) < 4.78 is 5.57. The van der Waals surface area contributed by atoms with Crippen molar-refractivity contribution < 1.29 is 9.21 Å². The number of fused-ring (bicyclic) bond motifs is 1. The highest BCUT2D eigenvalue weighted by Crippen LogP contribution is 2.46. The molecule has 0 amide bonds. The molecular formula is C18H15N3O3S. The predicted molar refractivity (Wildman–Crippen MR) is 93.9 cm³/mol. The molecule has 4 heterocycles.